The number of amides is 1. The zero-order valence-electron chi connectivity index (χ0n) is 19.0. The van der Waals surface area contributed by atoms with Crippen molar-refractivity contribution in [3.05, 3.63) is 87.7 Å². The first-order valence-electron chi connectivity index (χ1n) is 11.4. The normalized spacial score (nSPS) is 17.0. The largest absolute Gasteiger partial charge is 0.497 e. The maximum atomic E-state index is 13.0. The third-order valence-electron chi connectivity index (χ3n) is 6.77. The minimum atomic E-state index is 0.0401. The van der Waals surface area contributed by atoms with Gasteiger partial charge in [-0.15, -0.1) is 11.3 Å². The Bertz CT molecular complexity index is 1240. The molecule has 0 saturated heterocycles. The summed E-state index contributed by atoms with van der Waals surface area (Å²) in [5.74, 6) is 0.935. The number of rotatable bonds is 7. The summed E-state index contributed by atoms with van der Waals surface area (Å²) in [6.45, 7) is 4.08. The number of nitrogens with one attached hydrogen (secondary N) is 2. The van der Waals surface area contributed by atoms with E-state index in [1.54, 1.807) is 7.11 Å². The average molecular weight is 460 g/mol. The Morgan fingerprint density at radius 1 is 1.21 bits per heavy atom. The van der Waals surface area contributed by atoms with Crippen LogP contribution in [0.15, 0.2) is 66.2 Å². The van der Waals surface area contributed by atoms with Gasteiger partial charge in [0.2, 0.25) is 5.91 Å². The molecule has 2 unspecified atom stereocenters. The van der Waals surface area contributed by atoms with Crippen molar-refractivity contribution in [3.63, 3.8) is 0 Å². The van der Waals surface area contributed by atoms with Crippen LogP contribution in [0, 0.1) is 0 Å². The molecule has 170 valence electrons. The van der Waals surface area contributed by atoms with E-state index >= 15 is 0 Å². The van der Waals surface area contributed by atoms with E-state index in [1.165, 1.54) is 21.4 Å². The van der Waals surface area contributed by atoms with E-state index in [-0.39, 0.29) is 17.9 Å². The highest BCUT2D eigenvalue weighted by atomic mass is 32.1. The number of aromatic amines is 1. The lowest BCUT2D eigenvalue weighted by Gasteiger charge is -2.33. The highest BCUT2D eigenvalue weighted by Crippen LogP contribution is 2.33. The number of nitrogens with zero attached hydrogens (tertiary/aromatic N) is 1. The van der Waals surface area contributed by atoms with Crippen LogP contribution in [0.25, 0.3) is 10.9 Å². The first-order chi connectivity index (χ1) is 16.1. The molecule has 0 bridgehead atoms. The van der Waals surface area contributed by atoms with E-state index in [9.17, 15) is 4.79 Å². The molecule has 1 aliphatic heterocycles. The lowest BCUT2D eigenvalue weighted by atomic mass is 9.90. The second-order valence-electron chi connectivity index (χ2n) is 8.61. The molecule has 2 aromatic carbocycles. The van der Waals surface area contributed by atoms with Gasteiger partial charge in [-0.1, -0.05) is 30.3 Å². The number of fused-ring (bicyclic) bond motifs is 2. The molecule has 3 heterocycles. The van der Waals surface area contributed by atoms with Crippen LogP contribution in [0.1, 0.15) is 40.5 Å². The molecular weight excluding hydrogens is 430 g/mol. The molecule has 1 amide bonds. The number of carbonyl (C=O) groups is 1. The van der Waals surface area contributed by atoms with Gasteiger partial charge < -0.3 is 15.0 Å². The van der Waals surface area contributed by atoms with Gasteiger partial charge in [0.15, 0.2) is 0 Å². The van der Waals surface area contributed by atoms with Crippen molar-refractivity contribution in [2.45, 2.75) is 25.3 Å². The molecule has 4 aromatic rings. The van der Waals surface area contributed by atoms with Crippen LogP contribution in [0.5, 0.6) is 5.75 Å². The molecular formula is C27H29N3O2S. The van der Waals surface area contributed by atoms with Crippen LogP contribution in [0.3, 0.4) is 0 Å². The molecule has 1 aliphatic rings. The Hall–Kier alpha value is -3.09. The summed E-state index contributed by atoms with van der Waals surface area (Å²) in [6, 6.07) is 18.9. The monoisotopic (exact) mass is 459 g/mol. The molecule has 2 aromatic heterocycles. The van der Waals surface area contributed by atoms with Crippen LogP contribution in [0.4, 0.5) is 0 Å². The van der Waals surface area contributed by atoms with E-state index in [4.69, 9.17) is 4.74 Å². The summed E-state index contributed by atoms with van der Waals surface area (Å²) in [4.78, 5) is 20.1. The zero-order valence-corrected chi connectivity index (χ0v) is 19.8. The number of H-pyrrole nitrogens is 1. The Kier molecular flexibility index (Phi) is 6.20. The van der Waals surface area contributed by atoms with Gasteiger partial charge in [-0.05, 0) is 59.7 Å². The fourth-order valence-corrected chi connectivity index (χ4v) is 5.82. The lowest BCUT2D eigenvalue weighted by Crippen LogP contribution is -2.42. The molecule has 5 rings (SSSR count). The van der Waals surface area contributed by atoms with Crippen molar-refractivity contribution in [3.8, 4) is 5.75 Å². The van der Waals surface area contributed by atoms with Gasteiger partial charge in [0.25, 0.3) is 0 Å². The summed E-state index contributed by atoms with van der Waals surface area (Å²) in [5.41, 5.74) is 4.81. The van der Waals surface area contributed by atoms with E-state index in [2.05, 4.69) is 70.1 Å². The summed E-state index contributed by atoms with van der Waals surface area (Å²) in [6.07, 6.45) is 3.09. The maximum Gasteiger partial charge on any atom is 0.234 e. The number of hydrogen-bond donors (Lipinski definition) is 2. The third-order valence-corrected chi connectivity index (χ3v) is 7.77. The summed E-state index contributed by atoms with van der Waals surface area (Å²) in [5, 5.41) is 6.57. The van der Waals surface area contributed by atoms with Crippen molar-refractivity contribution >= 4 is 28.1 Å². The molecule has 5 nitrogen and oxygen atoms in total. The first-order valence-corrected chi connectivity index (χ1v) is 12.3. The number of para-hydroxylation sites is 1. The standard InChI is InChI=1S/C27H29N3O2S/c1-18-21-12-14-33-26(21)11-13-30(18)17-27(31)29-15-23(19-7-9-20(32-2)10-8-19)24-16-28-25-6-4-3-5-22(24)25/h3-10,12,14,16,18,23,28H,11,13,15,17H2,1-2H3,(H,29,31). The molecule has 0 radical (unpaired) electrons. The predicted octanol–water partition coefficient (Wildman–Crippen LogP) is 5.11. The third kappa shape index (κ3) is 4.41. The molecule has 0 fully saturated rings. The van der Waals surface area contributed by atoms with E-state index in [0.717, 1.165) is 29.8 Å². The number of thiophene rings is 1. The molecule has 0 saturated carbocycles. The lowest BCUT2D eigenvalue weighted by molar-refractivity contribution is -0.122. The Morgan fingerprint density at radius 3 is 2.85 bits per heavy atom. The first kappa shape index (κ1) is 21.7. The van der Waals surface area contributed by atoms with E-state index in [1.807, 2.05) is 29.5 Å². The van der Waals surface area contributed by atoms with Crippen LogP contribution < -0.4 is 10.1 Å². The number of benzene rings is 2. The van der Waals surface area contributed by atoms with Gasteiger partial charge in [0.05, 0.1) is 13.7 Å². The highest BCUT2D eigenvalue weighted by molar-refractivity contribution is 7.10. The number of hydrogen-bond acceptors (Lipinski definition) is 4. The Balaban J connectivity index is 1.33. The molecule has 0 aliphatic carbocycles. The molecule has 0 spiro atoms. The summed E-state index contributed by atoms with van der Waals surface area (Å²) in [7, 11) is 1.67. The van der Waals surface area contributed by atoms with Crippen LogP contribution >= 0.6 is 11.3 Å². The van der Waals surface area contributed by atoms with Gasteiger partial charge >= 0.3 is 0 Å². The minimum Gasteiger partial charge on any atom is -0.497 e. The Morgan fingerprint density at radius 2 is 2.03 bits per heavy atom. The van der Waals surface area contributed by atoms with Crippen LogP contribution in [0.2, 0.25) is 0 Å². The quantitative estimate of drug-likeness (QED) is 0.404. The zero-order chi connectivity index (χ0) is 22.8. The van der Waals surface area contributed by atoms with Gasteiger partial charge in [-0.25, -0.2) is 0 Å². The van der Waals surface area contributed by atoms with Crippen LogP contribution in [-0.4, -0.2) is 42.5 Å². The second-order valence-corrected chi connectivity index (χ2v) is 9.62. The Labute approximate surface area is 198 Å². The fourth-order valence-electron chi connectivity index (χ4n) is 4.86. The molecule has 33 heavy (non-hydrogen) atoms. The smallest absolute Gasteiger partial charge is 0.234 e. The summed E-state index contributed by atoms with van der Waals surface area (Å²) >= 11 is 1.82. The number of ether oxygens (including phenoxy) is 1. The van der Waals surface area contributed by atoms with Gasteiger partial charge in [0, 0.05) is 47.0 Å². The number of aromatic nitrogens is 1. The van der Waals surface area contributed by atoms with Crippen molar-refractivity contribution in [2.24, 2.45) is 0 Å². The number of methoxy groups -OCH3 is 1. The van der Waals surface area contributed by atoms with E-state index < -0.39 is 0 Å². The van der Waals surface area contributed by atoms with Crippen molar-refractivity contribution in [1.29, 1.82) is 0 Å². The maximum absolute atomic E-state index is 13.0. The van der Waals surface area contributed by atoms with Crippen molar-refractivity contribution in [2.75, 3.05) is 26.7 Å². The van der Waals surface area contributed by atoms with Gasteiger partial charge in [-0.3, -0.25) is 9.69 Å². The van der Waals surface area contributed by atoms with Crippen molar-refractivity contribution < 1.29 is 9.53 Å². The van der Waals surface area contributed by atoms with Crippen LogP contribution in [-0.2, 0) is 11.2 Å². The molecule has 2 atom stereocenters. The molecule has 6 heteroatoms. The van der Waals surface area contributed by atoms with Gasteiger partial charge in [-0.2, -0.15) is 0 Å². The average Bonchev–Trinajstić information content (AvgIpc) is 3.49. The molecule has 2 N–H and O–H groups in total. The highest BCUT2D eigenvalue weighted by Gasteiger charge is 2.26. The predicted molar refractivity (Wildman–Crippen MR) is 134 cm³/mol. The fraction of sp³-hybridized carbons (Fsp3) is 0.296. The van der Waals surface area contributed by atoms with Gasteiger partial charge in [0.1, 0.15) is 5.75 Å². The van der Waals surface area contributed by atoms with E-state index in [0.29, 0.717) is 13.1 Å². The topological polar surface area (TPSA) is 57.4 Å². The number of carbonyl (C=O) groups excluding carboxylic acids is 1. The second kappa shape index (κ2) is 9.41. The minimum absolute atomic E-state index is 0.0401. The summed E-state index contributed by atoms with van der Waals surface area (Å²) < 4.78 is 5.34. The SMILES string of the molecule is COc1ccc(C(CNC(=O)CN2CCc3sccc3C2C)c2c[nH]c3ccccc23)cc1. The van der Waals surface area contributed by atoms with Crippen molar-refractivity contribution in [1.82, 2.24) is 15.2 Å².